The normalized spacial score (nSPS) is 21.0. The van der Waals surface area contributed by atoms with Crippen molar-refractivity contribution in [3.05, 3.63) is 40.8 Å². The summed E-state index contributed by atoms with van der Waals surface area (Å²) in [6.45, 7) is 1.09. The Morgan fingerprint density at radius 2 is 2.33 bits per heavy atom. The van der Waals surface area contributed by atoms with E-state index in [0.29, 0.717) is 19.4 Å². The van der Waals surface area contributed by atoms with E-state index in [-0.39, 0.29) is 23.8 Å². The number of rotatable bonds is 6. The molecule has 24 heavy (non-hydrogen) atoms. The number of nitrogens with zero attached hydrogens (tertiary/aromatic N) is 3. The van der Waals surface area contributed by atoms with Crippen molar-refractivity contribution in [1.82, 2.24) is 14.7 Å². The van der Waals surface area contributed by atoms with E-state index in [1.54, 1.807) is 29.5 Å². The Labute approximate surface area is 145 Å². The second-order valence-corrected chi connectivity index (χ2v) is 6.88. The predicted octanol–water partition coefficient (Wildman–Crippen LogP) is 2.49. The SMILES string of the molecule is CN1C(=O)CC[C@H](C(=O)OCCCn2cccn2)[C@@H]1c1cccs1. The molecule has 1 aliphatic heterocycles. The Balaban J connectivity index is 1.58. The second kappa shape index (κ2) is 7.61. The highest BCUT2D eigenvalue weighted by Gasteiger charge is 2.40. The minimum atomic E-state index is -0.295. The van der Waals surface area contributed by atoms with Gasteiger partial charge in [0.15, 0.2) is 0 Å². The highest BCUT2D eigenvalue weighted by molar-refractivity contribution is 7.10. The monoisotopic (exact) mass is 347 g/mol. The van der Waals surface area contributed by atoms with Crippen molar-refractivity contribution in [2.45, 2.75) is 31.8 Å². The first kappa shape index (κ1) is 16.7. The summed E-state index contributed by atoms with van der Waals surface area (Å²) in [5.41, 5.74) is 0. The Kier molecular flexibility index (Phi) is 5.30. The van der Waals surface area contributed by atoms with E-state index in [2.05, 4.69) is 5.10 Å². The summed E-state index contributed by atoms with van der Waals surface area (Å²) in [6, 6.07) is 5.57. The van der Waals surface area contributed by atoms with Crippen LogP contribution in [0.1, 0.15) is 30.2 Å². The molecule has 1 saturated heterocycles. The van der Waals surface area contributed by atoms with Gasteiger partial charge in [-0.1, -0.05) is 6.07 Å². The molecule has 0 saturated carbocycles. The maximum absolute atomic E-state index is 12.5. The number of carbonyl (C=O) groups excluding carboxylic acids is 2. The van der Waals surface area contributed by atoms with E-state index >= 15 is 0 Å². The van der Waals surface area contributed by atoms with Gasteiger partial charge in [0.05, 0.1) is 18.6 Å². The van der Waals surface area contributed by atoms with E-state index in [1.807, 2.05) is 34.5 Å². The zero-order valence-corrected chi connectivity index (χ0v) is 14.4. The lowest BCUT2D eigenvalue weighted by Gasteiger charge is -2.37. The fourth-order valence-electron chi connectivity index (χ4n) is 3.07. The summed E-state index contributed by atoms with van der Waals surface area (Å²) < 4.78 is 7.29. The fraction of sp³-hybridized carbons (Fsp3) is 0.471. The molecule has 0 spiro atoms. The molecule has 0 aromatic carbocycles. The third-order valence-electron chi connectivity index (χ3n) is 4.33. The minimum Gasteiger partial charge on any atom is -0.465 e. The average molecular weight is 347 g/mol. The number of aromatic nitrogens is 2. The molecule has 0 aliphatic carbocycles. The van der Waals surface area contributed by atoms with E-state index in [0.717, 1.165) is 17.8 Å². The topological polar surface area (TPSA) is 64.4 Å². The molecule has 0 unspecified atom stereocenters. The summed E-state index contributed by atoms with van der Waals surface area (Å²) in [7, 11) is 1.77. The first-order valence-corrected chi connectivity index (χ1v) is 8.98. The second-order valence-electron chi connectivity index (χ2n) is 5.90. The van der Waals surface area contributed by atoms with E-state index in [4.69, 9.17) is 4.74 Å². The number of aryl methyl sites for hydroxylation is 1. The first-order chi connectivity index (χ1) is 11.7. The molecule has 0 N–H and O–H groups in total. The zero-order valence-electron chi connectivity index (χ0n) is 13.6. The number of amides is 1. The Bertz CT molecular complexity index is 669. The van der Waals surface area contributed by atoms with Gasteiger partial charge in [0.25, 0.3) is 0 Å². The number of ether oxygens (including phenoxy) is 1. The molecule has 2 aromatic heterocycles. The lowest BCUT2D eigenvalue weighted by Crippen LogP contribution is -2.43. The Morgan fingerprint density at radius 3 is 3.04 bits per heavy atom. The zero-order chi connectivity index (χ0) is 16.9. The van der Waals surface area contributed by atoms with Gasteiger partial charge in [-0.15, -0.1) is 11.3 Å². The van der Waals surface area contributed by atoms with E-state index in [1.165, 1.54) is 0 Å². The number of hydrogen-bond donors (Lipinski definition) is 0. The van der Waals surface area contributed by atoms with E-state index < -0.39 is 0 Å². The smallest absolute Gasteiger partial charge is 0.311 e. The summed E-state index contributed by atoms with van der Waals surface area (Å²) in [4.78, 5) is 27.3. The number of likely N-dealkylation sites (tertiary alicyclic amines) is 1. The molecule has 1 aliphatic rings. The number of piperidine rings is 1. The van der Waals surface area contributed by atoms with Crippen LogP contribution in [0.4, 0.5) is 0 Å². The molecule has 2 aromatic rings. The molecule has 0 bridgehead atoms. The standard InChI is InChI=1S/C17H21N3O3S/c1-19-15(21)7-6-13(16(19)14-5-2-12-24-14)17(22)23-11-4-10-20-9-3-8-18-20/h2-3,5,8-9,12-13,16H,4,6-7,10-11H2,1H3/t13-,16+/m0/s1. The van der Waals surface area contributed by atoms with Crippen LogP contribution in [0.15, 0.2) is 36.0 Å². The van der Waals surface area contributed by atoms with Gasteiger partial charge in [-0.05, 0) is 23.9 Å². The molecular formula is C17H21N3O3S. The van der Waals surface area contributed by atoms with Crippen molar-refractivity contribution >= 4 is 23.2 Å². The largest absolute Gasteiger partial charge is 0.465 e. The quantitative estimate of drug-likeness (QED) is 0.595. The van der Waals surface area contributed by atoms with Crippen molar-refractivity contribution in [2.24, 2.45) is 5.92 Å². The summed E-state index contributed by atoms with van der Waals surface area (Å²) in [6.07, 6.45) is 5.27. The molecule has 3 heterocycles. The lowest BCUT2D eigenvalue weighted by molar-refractivity contribution is -0.156. The van der Waals surface area contributed by atoms with Crippen LogP contribution < -0.4 is 0 Å². The first-order valence-electron chi connectivity index (χ1n) is 8.10. The number of carbonyl (C=O) groups is 2. The van der Waals surface area contributed by atoms with Gasteiger partial charge in [0.2, 0.25) is 5.91 Å². The fourth-order valence-corrected chi connectivity index (χ4v) is 4.01. The van der Waals surface area contributed by atoms with Gasteiger partial charge >= 0.3 is 5.97 Å². The van der Waals surface area contributed by atoms with Gasteiger partial charge in [-0.3, -0.25) is 14.3 Å². The van der Waals surface area contributed by atoms with Gasteiger partial charge < -0.3 is 9.64 Å². The maximum atomic E-state index is 12.5. The number of hydrogen-bond acceptors (Lipinski definition) is 5. The molecule has 1 fully saturated rings. The van der Waals surface area contributed by atoms with E-state index in [9.17, 15) is 9.59 Å². The van der Waals surface area contributed by atoms with Crippen LogP contribution in [0, 0.1) is 5.92 Å². The molecule has 0 radical (unpaired) electrons. The molecule has 1 amide bonds. The number of thiophene rings is 1. The van der Waals surface area contributed by atoms with Gasteiger partial charge in [-0.25, -0.2) is 0 Å². The maximum Gasteiger partial charge on any atom is 0.311 e. The summed E-state index contributed by atoms with van der Waals surface area (Å²) in [5.74, 6) is -0.430. The van der Waals surface area contributed by atoms with Gasteiger partial charge in [-0.2, -0.15) is 5.10 Å². The highest BCUT2D eigenvalue weighted by atomic mass is 32.1. The molecule has 6 nitrogen and oxygen atoms in total. The summed E-state index contributed by atoms with van der Waals surface area (Å²) in [5, 5.41) is 6.09. The van der Waals surface area contributed by atoms with Crippen molar-refractivity contribution in [2.75, 3.05) is 13.7 Å². The average Bonchev–Trinajstić information content (AvgIpc) is 3.27. The van der Waals surface area contributed by atoms with Crippen molar-refractivity contribution in [1.29, 1.82) is 0 Å². The lowest BCUT2D eigenvalue weighted by atomic mass is 9.88. The van der Waals surface area contributed by atoms with Crippen LogP contribution in [-0.4, -0.2) is 40.2 Å². The molecular weight excluding hydrogens is 326 g/mol. The van der Waals surface area contributed by atoms with Crippen molar-refractivity contribution < 1.29 is 14.3 Å². The third-order valence-corrected chi connectivity index (χ3v) is 5.28. The molecule has 7 heteroatoms. The van der Waals surface area contributed by atoms with Crippen LogP contribution in [0.2, 0.25) is 0 Å². The van der Waals surface area contributed by atoms with Crippen molar-refractivity contribution in [3.8, 4) is 0 Å². The predicted molar refractivity (Wildman–Crippen MR) is 90.4 cm³/mol. The van der Waals surface area contributed by atoms with Crippen molar-refractivity contribution in [3.63, 3.8) is 0 Å². The number of esters is 1. The Hall–Kier alpha value is -2.15. The molecule has 2 atom stereocenters. The van der Waals surface area contributed by atoms with Gasteiger partial charge in [0.1, 0.15) is 0 Å². The van der Waals surface area contributed by atoms with Crippen LogP contribution in [0.5, 0.6) is 0 Å². The Morgan fingerprint density at radius 1 is 1.46 bits per heavy atom. The van der Waals surface area contributed by atoms with Crippen LogP contribution in [-0.2, 0) is 20.9 Å². The molecule has 128 valence electrons. The summed E-state index contributed by atoms with van der Waals surface area (Å²) >= 11 is 1.57. The van der Waals surface area contributed by atoms with Crippen LogP contribution in [0.3, 0.4) is 0 Å². The third kappa shape index (κ3) is 3.67. The van der Waals surface area contributed by atoms with Crippen LogP contribution in [0.25, 0.3) is 0 Å². The van der Waals surface area contributed by atoms with Crippen LogP contribution >= 0.6 is 11.3 Å². The minimum absolute atomic E-state index is 0.0798. The molecule has 3 rings (SSSR count). The highest BCUT2D eigenvalue weighted by Crippen LogP contribution is 2.38. The van der Waals surface area contributed by atoms with Gasteiger partial charge in [0, 0.05) is 43.7 Å².